The summed E-state index contributed by atoms with van der Waals surface area (Å²) in [5.74, 6) is -0.495. The summed E-state index contributed by atoms with van der Waals surface area (Å²) in [5.41, 5.74) is 9.24. The second kappa shape index (κ2) is 10.2. The van der Waals surface area contributed by atoms with Crippen molar-refractivity contribution in [3.8, 4) is 28.8 Å². The molecule has 0 bridgehead atoms. The van der Waals surface area contributed by atoms with E-state index >= 15 is 0 Å². The van der Waals surface area contributed by atoms with Crippen LogP contribution in [0.3, 0.4) is 0 Å². The van der Waals surface area contributed by atoms with E-state index in [-0.39, 0.29) is 17.3 Å². The number of amides is 1. The molecular weight excluding hydrogens is 496 g/mol. The van der Waals surface area contributed by atoms with Crippen molar-refractivity contribution in [1.29, 1.82) is 0 Å². The van der Waals surface area contributed by atoms with E-state index in [4.69, 9.17) is 15.2 Å². The molecule has 3 N–H and O–H groups in total. The van der Waals surface area contributed by atoms with Crippen LogP contribution in [0.2, 0.25) is 0 Å². The molecule has 0 aliphatic carbocycles. The Labute approximate surface area is 213 Å². The molecule has 11 nitrogen and oxygen atoms in total. The zero-order chi connectivity index (χ0) is 26.7. The number of anilines is 1. The number of aromatic nitrogens is 4. The van der Waals surface area contributed by atoms with E-state index in [2.05, 4.69) is 19.9 Å². The minimum absolute atomic E-state index is 0.0993. The molecule has 37 heavy (non-hydrogen) atoms. The van der Waals surface area contributed by atoms with Gasteiger partial charge in [-0.2, -0.15) is 8.42 Å². The number of hydrogen-bond acceptors (Lipinski definition) is 10. The number of methoxy groups -OCH3 is 1. The Hall–Kier alpha value is -4.58. The van der Waals surface area contributed by atoms with E-state index in [1.807, 2.05) is 43.7 Å². The summed E-state index contributed by atoms with van der Waals surface area (Å²) in [7, 11) is -2.90. The lowest BCUT2D eigenvalue weighted by Gasteiger charge is -2.14. The zero-order valence-corrected chi connectivity index (χ0v) is 21.3. The van der Waals surface area contributed by atoms with Gasteiger partial charge in [0.1, 0.15) is 11.3 Å². The van der Waals surface area contributed by atoms with Crippen LogP contribution in [0.5, 0.6) is 17.5 Å². The fraction of sp³-hybridized carbons (Fsp3) is 0.160. The van der Waals surface area contributed by atoms with Crippen molar-refractivity contribution in [2.24, 2.45) is 0 Å². The number of nitrogen functional groups attached to an aromatic ring is 1. The van der Waals surface area contributed by atoms with Gasteiger partial charge >= 0.3 is 0 Å². The Morgan fingerprint density at radius 3 is 2.38 bits per heavy atom. The van der Waals surface area contributed by atoms with Crippen LogP contribution in [0, 0.1) is 20.8 Å². The smallest absolute Gasteiger partial charge is 0.285 e. The average molecular weight is 521 g/mol. The van der Waals surface area contributed by atoms with Crippen LogP contribution in [0.15, 0.2) is 60.0 Å². The van der Waals surface area contributed by atoms with Gasteiger partial charge in [0.15, 0.2) is 5.82 Å². The number of nitrogens with one attached hydrogen (secondary N) is 1. The van der Waals surface area contributed by atoms with E-state index in [0.29, 0.717) is 22.9 Å². The Balaban J connectivity index is 1.77. The number of rotatable bonds is 7. The lowest BCUT2D eigenvalue weighted by atomic mass is 10.1. The van der Waals surface area contributed by atoms with Crippen molar-refractivity contribution in [2.75, 3.05) is 12.8 Å². The third-order valence-electron chi connectivity index (χ3n) is 5.33. The average Bonchev–Trinajstić information content (AvgIpc) is 2.85. The van der Waals surface area contributed by atoms with Gasteiger partial charge in [0.05, 0.1) is 12.8 Å². The Bertz CT molecular complexity index is 1610. The zero-order valence-electron chi connectivity index (χ0n) is 20.5. The van der Waals surface area contributed by atoms with Gasteiger partial charge in [-0.1, -0.05) is 17.7 Å². The maximum atomic E-state index is 13.2. The maximum absolute atomic E-state index is 13.2. The van der Waals surface area contributed by atoms with Crippen LogP contribution in [0.25, 0.3) is 11.3 Å². The Morgan fingerprint density at radius 1 is 0.946 bits per heavy atom. The summed E-state index contributed by atoms with van der Waals surface area (Å²) < 4.78 is 38.8. The number of hydrogen-bond donors (Lipinski definition) is 2. The molecule has 190 valence electrons. The van der Waals surface area contributed by atoms with Crippen molar-refractivity contribution in [1.82, 2.24) is 24.7 Å². The first-order valence-electron chi connectivity index (χ1n) is 11.0. The van der Waals surface area contributed by atoms with E-state index in [1.165, 1.54) is 19.4 Å². The molecule has 4 rings (SSSR count). The fourth-order valence-corrected chi connectivity index (χ4v) is 4.53. The summed E-state index contributed by atoms with van der Waals surface area (Å²) in [5, 5.41) is -0.565. The highest BCUT2D eigenvalue weighted by Gasteiger charge is 2.26. The van der Waals surface area contributed by atoms with Crippen molar-refractivity contribution in [3.63, 3.8) is 0 Å². The lowest BCUT2D eigenvalue weighted by molar-refractivity contribution is 0.0978. The van der Waals surface area contributed by atoms with Crippen molar-refractivity contribution in [2.45, 2.75) is 25.8 Å². The van der Waals surface area contributed by atoms with Crippen LogP contribution < -0.4 is 19.9 Å². The third kappa shape index (κ3) is 5.48. The summed E-state index contributed by atoms with van der Waals surface area (Å²) in [6.45, 7) is 5.63. The molecule has 0 spiro atoms. The number of ether oxygens (including phenoxy) is 2. The fourth-order valence-electron chi connectivity index (χ4n) is 3.55. The van der Waals surface area contributed by atoms with Crippen LogP contribution in [0.1, 0.15) is 27.0 Å². The highest BCUT2D eigenvalue weighted by molar-refractivity contribution is 7.90. The van der Waals surface area contributed by atoms with Crippen molar-refractivity contribution in [3.05, 3.63) is 77.2 Å². The lowest BCUT2D eigenvalue weighted by Crippen LogP contribution is -2.32. The predicted octanol–water partition coefficient (Wildman–Crippen LogP) is 3.36. The van der Waals surface area contributed by atoms with Crippen LogP contribution in [-0.4, -0.2) is 41.4 Å². The largest absolute Gasteiger partial charge is 0.481 e. The molecule has 0 aliphatic heterocycles. The van der Waals surface area contributed by atoms with Gasteiger partial charge in [0.25, 0.3) is 15.9 Å². The van der Waals surface area contributed by atoms with Crippen LogP contribution in [0.4, 0.5) is 5.82 Å². The van der Waals surface area contributed by atoms with E-state index in [9.17, 15) is 13.2 Å². The topological polar surface area (TPSA) is 159 Å². The molecule has 3 aromatic heterocycles. The molecule has 4 aromatic rings. The molecule has 0 saturated heterocycles. The highest BCUT2D eigenvalue weighted by atomic mass is 32.2. The number of carbonyl (C=O) groups excluding carboxylic acids is 1. The van der Waals surface area contributed by atoms with Gasteiger partial charge in [-0.05, 0) is 50.6 Å². The van der Waals surface area contributed by atoms with E-state index < -0.39 is 21.0 Å². The summed E-state index contributed by atoms with van der Waals surface area (Å²) in [6.07, 6.45) is 3.98. The third-order valence-corrected chi connectivity index (χ3v) is 6.61. The van der Waals surface area contributed by atoms with E-state index in [1.54, 1.807) is 18.3 Å². The number of pyridine rings is 2. The first-order chi connectivity index (χ1) is 17.6. The Kier molecular flexibility index (Phi) is 7.02. The minimum Gasteiger partial charge on any atom is -0.481 e. The standard InChI is InChI=1S/C25H24N6O5S/c1-14-5-8-20(15(2)11-14)36-24-18(22(32)31-37(33,34)25-21(26)27-9-10-28-25)6-7-19(30-24)17-12-16(3)23(35-4)29-13-17/h5-13H,1-4H3,(H2,26,27)(H,31,32). The van der Waals surface area contributed by atoms with Gasteiger partial charge in [-0.15, -0.1) is 0 Å². The number of aryl methyl sites for hydroxylation is 3. The molecular formula is C25H24N6O5S. The number of nitrogens with zero attached hydrogens (tertiary/aromatic N) is 4. The van der Waals surface area contributed by atoms with Gasteiger partial charge in [0.2, 0.25) is 16.8 Å². The molecule has 0 radical (unpaired) electrons. The van der Waals surface area contributed by atoms with Gasteiger partial charge in [-0.3, -0.25) is 4.79 Å². The normalized spacial score (nSPS) is 11.1. The molecule has 12 heteroatoms. The molecule has 0 fully saturated rings. The molecule has 0 unspecified atom stereocenters. The molecule has 0 atom stereocenters. The molecule has 1 aromatic carbocycles. The number of benzene rings is 1. The van der Waals surface area contributed by atoms with Crippen LogP contribution in [-0.2, 0) is 10.0 Å². The molecule has 0 saturated carbocycles. The first-order valence-corrected chi connectivity index (χ1v) is 12.5. The SMILES string of the molecule is COc1ncc(-c2ccc(C(=O)NS(=O)(=O)c3nccnc3N)c(Oc3ccc(C)cc3C)n2)cc1C. The Morgan fingerprint density at radius 2 is 1.70 bits per heavy atom. The molecule has 3 heterocycles. The number of nitrogens with two attached hydrogens (primary N) is 1. The highest BCUT2D eigenvalue weighted by Crippen LogP contribution is 2.31. The van der Waals surface area contributed by atoms with E-state index in [0.717, 1.165) is 22.9 Å². The van der Waals surface area contributed by atoms with Gasteiger partial charge < -0.3 is 15.2 Å². The molecule has 0 aliphatic rings. The summed E-state index contributed by atoms with van der Waals surface area (Å²) in [6, 6.07) is 10.3. The quantitative estimate of drug-likeness (QED) is 0.370. The second-order valence-corrected chi connectivity index (χ2v) is 9.75. The summed E-state index contributed by atoms with van der Waals surface area (Å²) in [4.78, 5) is 29.4. The van der Waals surface area contributed by atoms with Crippen molar-refractivity contribution < 1.29 is 22.7 Å². The minimum atomic E-state index is -4.42. The monoisotopic (exact) mass is 520 g/mol. The first kappa shape index (κ1) is 25.5. The predicted molar refractivity (Wildman–Crippen MR) is 136 cm³/mol. The summed E-state index contributed by atoms with van der Waals surface area (Å²) >= 11 is 0. The van der Waals surface area contributed by atoms with Crippen LogP contribution >= 0.6 is 0 Å². The second-order valence-electron chi connectivity index (χ2n) is 8.15. The molecule has 1 amide bonds. The van der Waals surface area contributed by atoms with Gasteiger partial charge in [-0.25, -0.2) is 24.7 Å². The number of carbonyl (C=O) groups is 1. The number of sulfonamides is 1. The van der Waals surface area contributed by atoms with Gasteiger partial charge in [0, 0.05) is 29.7 Å². The van der Waals surface area contributed by atoms with Crippen molar-refractivity contribution >= 4 is 21.7 Å². The maximum Gasteiger partial charge on any atom is 0.285 e.